The Labute approximate surface area is 126 Å². The summed E-state index contributed by atoms with van der Waals surface area (Å²) < 4.78 is 10.7. The zero-order valence-electron chi connectivity index (χ0n) is 12.9. The van der Waals surface area contributed by atoms with Gasteiger partial charge < -0.3 is 20.9 Å². The maximum absolute atomic E-state index is 11.1. The molecule has 0 aliphatic heterocycles. The van der Waals surface area contributed by atoms with E-state index >= 15 is 0 Å². The first kappa shape index (κ1) is 17.5. The van der Waals surface area contributed by atoms with E-state index in [0.29, 0.717) is 13.0 Å². The lowest BCUT2D eigenvalue weighted by Crippen LogP contribution is -2.49. The molecule has 0 saturated heterocycles. The number of hydrogen-bond donors (Lipinski definition) is 2. The van der Waals surface area contributed by atoms with Crippen LogP contribution in [0.5, 0.6) is 5.75 Å². The van der Waals surface area contributed by atoms with Crippen molar-refractivity contribution < 1.29 is 14.3 Å². The fourth-order valence-electron chi connectivity index (χ4n) is 1.88. The van der Waals surface area contributed by atoms with Gasteiger partial charge in [0.25, 0.3) is 0 Å². The molecule has 0 aliphatic rings. The molecule has 0 heterocycles. The Balaban J connectivity index is 2.22. The van der Waals surface area contributed by atoms with Crippen molar-refractivity contribution in [2.45, 2.75) is 38.1 Å². The van der Waals surface area contributed by atoms with Crippen molar-refractivity contribution >= 4 is 5.91 Å². The second kappa shape index (κ2) is 8.64. The fraction of sp³-hybridized carbons (Fsp3) is 0.562. The third kappa shape index (κ3) is 6.60. The third-order valence-electron chi connectivity index (χ3n) is 3.44. The maximum Gasteiger partial charge on any atom is 0.237 e. The molecule has 0 aromatic heterocycles. The summed E-state index contributed by atoms with van der Waals surface area (Å²) in [5.74, 6) is 0.386. The predicted octanol–water partition coefficient (Wildman–Crippen LogP) is 1.63. The smallest absolute Gasteiger partial charge is 0.237 e. The van der Waals surface area contributed by atoms with Crippen molar-refractivity contribution in [3.63, 3.8) is 0 Å². The van der Waals surface area contributed by atoms with Gasteiger partial charge in [-0.15, -0.1) is 0 Å². The highest BCUT2D eigenvalue weighted by molar-refractivity contribution is 5.83. The largest absolute Gasteiger partial charge is 0.494 e. The first-order valence-corrected chi connectivity index (χ1v) is 7.25. The van der Waals surface area contributed by atoms with E-state index in [4.69, 9.17) is 20.9 Å². The van der Waals surface area contributed by atoms with E-state index in [0.717, 1.165) is 31.6 Å². The van der Waals surface area contributed by atoms with Gasteiger partial charge in [0.05, 0.1) is 18.8 Å². The number of hydrogen-bond acceptors (Lipinski definition) is 4. The molecular weight excluding hydrogens is 268 g/mol. The number of rotatable bonds is 10. The molecule has 0 radical (unpaired) electrons. The molecule has 4 N–H and O–H groups in total. The Morgan fingerprint density at radius 3 is 2.43 bits per heavy atom. The summed E-state index contributed by atoms with van der Waals surface area (Å²) in [5.41, 5.74) is 11.3. The van der Waals surface area contributed by atoms with E-state index in [1.807, 2.05) is 24.3 Å². The Bertz CT molecular complexity index is 430. The van der Waals surface area contributed by atoms with Gasteiger partial charge in [0.2, 0.25) is 5.91 Å². The number of methoxy groups -OCH3 is 1. The van der Waals surface area contributed by atoms with E-state index in [1.165, 1.54) is 5.56 Å². The normalized spacial score (nSPS) is 13.7. The topological polar surface area (TPSA) is 87.6 Å². The first-order chi connectivity index (χ1) is 9.95. The Morgan fingerprint density at radius 1 is 1.19 bits per heavy atom. The summed E-state index contributed by atoms with van der Waals surface area (Å²) >= 11 is 0. The molecule has 21 heavy (non-hydrogen) atoms. The Kier molecular flexibility index (Phi) is 7.19. The van der Waals surface area contributed by atoms with Gasteiger partial charge in [-0.1, -0.05) is 12.1 Å². The van der Waals surface area contributed by atoms with Crippen LogP contribution in [0.15, 0.2) is 24.3 Å². The molecule has 5 heteroatoms. The van der Waals surface area contributed by atoms with Crippen LogP contribution in [0.3, 0.4) is 0 Å². The zero-order chi connectivity index (χ0) is 15.7. The fourth-order valence-corrected chi connectivity index (χ4v) is 1.88. The van der Waals surface area contributed by atoms with Gasteiger partial charge >= 0.3 is 0 Å². The Morgan fingerprint density at radius 2 is 1.86 bits per heavy atom. The molecule has 1 aromatic carbocycles. The molecule has 0 aliphatic carbocycles. The number of carbonyl (C=O) groups excluding carboxylic acids is 1. The molecule has 0 fully saturated rings. The van der Waals surface area contributed by atoms with Crippen molar-refractivity contribution in [2.24, 2.45) is 11.5 Å². The molecular formula is C16H26N2O3. The second-order valence-corrected chi connectivity index (χ2v) is 5.47. The molecule has 0 saturated carbocycles. The quantitative estimate of drug-likeness (QED) is 0.642. The number of ether oxygens (including phenoxy) is 2. The maximum atomic E-state index is 11.1. The summed E-state index contributed by atoms with van der Waals surface area (Å²) in [7, 11) is 1.70. The van der Waals surface area contributed by atoms with Crippen LogP contribution in [0, 0.1) is 0 Å². The molecule has 0 spiro atoms. The SMILES string of the molecule is COCCc1ccc(OCCCCC(C)(N)C(N)=O)cc1. The van der Waals surface area contributed by atoms with Crippen LogP contribution >= 0.6 is 0 Å². The molecule has 0 bridgehead atoms. The lowest BCUT2D eigenvalue weighted by Gasteiger charge is -2.19. The van der Waals surface area contributed by atoms with E-state index < -0.39 is 11.4 Å². The standard InChI is InChI=1S/C16H26N2O3/c1-16(18,15(17)19)10-3-4-11-21-14-7-5-13(6-8-14)9-12-20-2/h5-8H,3-4,9-12,18H2,1-2H3,(H2,17,19). The third-order valence-corrected chi connectivity index (χ3v) is 3.44. The van der Waals surface area contributed by atoms with Crippen molar-refractivity contribution in [1.82, 2.24) is 0 Å². The van der Waals surface area contributed by atoms with Gasteiger partial charge in [0.15, 0.2) is 0 Å². The number of benzene rings is 1. The highest BCUT2D eigenvalue weighted by atomic mass is 16.5. The van der Waals surface area contributed by atoms with E-state index in [1.54, 1.807) is 14.0 Å². The van der Waals surface area contributed by atoms with Gasteiger partial charge in [-0.3, -0.25) is 4.79 Å². The lowest BCUT2D eigenvalue weighted by atomic mass is 9.96. The molecule has 118 valence electrons. The van der Waals surface area contributed by atoms with Crippen LogP contribution in [0.4, 0.5) is 0 Å². The van der Waals surface area contributed by atoms with E-state index in [2.05, 4.69) is 0 Å². The van der Waals surface area contributed by atoms with Crippen LogP contribution in [0.2, 0.25) is 0 Å². The van der Waals surface area contributed by atoms with Gasteiger partial charge in [-0.25, -0.2) is 0 Å². The number of carbonyl (C=O) groups is 1. The number of primary amides is 1. The van der Waals surface area contributed by atoms with Crippen molar-refractivity contribution in [3.8, 4) is 5.75 Å². The zero-order valence-corrected chi connectivity index (χ0v) is 12.9. The van der Waals surface area contributed by atoms with Crippen LogP contribution in [0.25, 0.3) is 0 Å². The molecule has 1 rings (SSSR count). The summed E-state index contributed by atoms with van der Waals surface area (Å²) in [4.78, 5) is 11.1. The van der Waals surface area contributed by atoms with Crippen molar-refractivity contribution in [2.75, 3.05) is 20.3 Å². The van der Waals surface area contributed by atoms with Gasteiger partial charge in [-0.05, 0) is 50.3 Å². The van der Waals surface area contributed by atoms with Gasteiger partial charge in [0, 0.05) is 7.11 Å². The van der Waals surface area contributed by atoms with Gasteiger partial charge in [-0.2, -0.15) is 0 Å². The van der Waals surface area contributed by atoms with Crippen molar-refractivity contribution in [3.05, 3.63) is 29.8 Å². The molecule has 1 aromatic rings. The molecule has 1 atom stereocenters. The lowest BCUT2D eigenvalue weighted by molar-refractivity contribution is -0.122. The second-order valence-electron chi connectivity index (χ2n) is 5.47. The summed E-state index contributed by atoms with van der Waals surface area (Å²) in [6, 6.07) is 8.00. The van der Waals surface area contributed by atoms with Crippen molar-refractivity contribution in [1.29, 1.82) is 0 Å². The summed E-state index contributed by atoms with van der Waals surface area (Å²) in [6.45, 7) is 2.99. The number of amides is 1. The van der Waals surface area contributed by atoms with Crippen LogP contribution in [0.1, 0.15) is 31.7 Å². The molecule has 5 nitrogen and oxygen atoms in total. The van der Waals surface area contributed by atoms with Crippen LogP contribution in [-0.2, 0) is 16.0 Å². The predicted molar refractivity (Wildman–Crippen MR) is 83.2 cm³/mol. The summed E-state index contributed by atoms with van der Waals surface area (Å²) in [6.07, 6.45) is 3.12. The average molecular weight is 294 g/mol. The van der Waals surface area contributed by atoms with Crippen LogP contribution in [-0.4, -0.2) is 31.8 Å². The molecule has 1 amide bonds. The average Bonchev–Trinajstić information content (AvgIpc) is 2.45. The highest BCUT2D eigenvalue weighted by Gasteiger charge is 2.24. The summed E-state index contributed by atoms with van der Waals surface area (Å²) in [5, 5.41) is 0. The Hall–Kier alpha value is -1.59. The van der Waals surface area contributed by atoms with Gasteiger partial charge in [0.1, 0.15) is 5.75 Å². The molecule has 1 unspecified atom stereocenters. The monoisotopic (exact) mass is 294 g/mol. The van der Waals surface area contributed by atoms with E-state index in [9.17, 15) is 4.79 Å². The minimum atomic E-state index is -0.928. The first-order valence-electron chi connectivity index (χ1n) is 7.25. The minimum absolute atomic E-state index is 0.463. The van der Waals surface area contributed by atoms with Crippen LogP contribution < -0.4 is 16.2 Å². The van der Waals surface area contributed by atoms with E-state index in [-0.39, 0.29) is 0 Å². The number of unbranched alkanes of at least 4 members (excludes halogenated alkanes) is 1. The highest BCUT2D eigenvalue weighted by Crippen LogP contribution is 2.14. The minimum Gasteiger partial charge on any atom is -0.494 e. The number of nitrogens with two attached hydrogens (primary N) is 2.